The Hall–Kier alpha value is -1.64. The van der Waals surface area contributed by atoms with E-state index < -0.39 is 0 Å². The van der Waals surface area contributed by atoms with Gasteiger partial charge in [-0.3, -0.25) is 9.59 Å². The van der Waals surface area contributed by atoms with Crippen LogP contribution in [0.3, 0.4) is 0 Å². The van der Waals surface area contributed by atoms with Crippen LogP contribution in [0.25, 0.3) is 0 Å². The zero-order valence-corrected chi connectivity index (χ0v) is 11.6. The molecule has 1 heterocycles. The van der Waals surface area contributed by atoms with Crippen LogP contribution in [0.1, 0.15) is 38.2 Å². The van der Waals surface area contributed by atoms with Crippen LogP contribution >= 0.6 is 0 Å². The number of nitrogens with zero attached hydrogens (tertiary/aromatic N) is 1. The van der Waals surface area contributed by atoms with Crippen molar-refractivity contribution in [3.63, 3.8) is 0 Å². The Bertz CT molecular complexity index is 455. The van der Waals surface area contributed by atoms with Gasteiger partial charge in [-0.2, -0.15) is 0 Å². The van der Waals surface area contributed by atoms with Gasteiger partial charge in [0.15, 0.2) is 0 Å². The summed E-state index contributed by atoms with van der Waals surface area (Å²) in [4.78, 5) is 26.0. The van der Waals surface area contributed by atoms with Crippen LogP contribution in [0.15, 0.2) is 30.3 Å². The molecule has 0 radical (unpaired) electrons. The van der Waals surface area contributed by atoms with Crippen molar-refractivity contribution in [2.24, 2.45) is 5.92 Å². The van der Waals surface area contributed by atoms with Gasteiger partial charge in [-0.05, 0) is 18.9 Å². The molecule has 2 atom stereocenters. The number of amides is 1. The quantitative estimate of drug-likeness (QED) is 0.836. The molecule has 2 rings (SSSR count). The van der Waals surface area contributed by atoms with E-state index in [-0.39, 0.29) is 17.7 Å². The Morgan fingerprint density at radius 2 is 2.05 bits per heavy atom. The van der Waals surface area contributed by atoms with Crippen molar-refractivity contribution < 1.29 is 9.59 Å². The number of hydrogen-bond donors (Lipinski definition) is 0. The molecule has 102 valence electrons. The predicted molar refractivity (Wildman–Crippen MR) is 74.8 cm³/mol. The Morgan fingerprint density at radius 1 is 1.37 bits per heavy atom. The van der Waals surface area contributed by atoms with E-state index in [0.29, 0.717) is 25.3 Å². The zero-order valence-electron chi connectivity index (χ0n) is 11.6. The summed E-state index contributed by atoms with van der Waals surface area (Å²) in [5, 5.41) is 0. The van der Waals surface area contributed by atoms with Crippen LogP contribution in [0, 0.1) is 5.92 Å². The molecular weight excluding hydrogens is 238 g/mol. The van der Waals surface area contributed by atoms with Crippen molar-refractivity contribution in [2.75, 3.05) is 13.1 Å². The average Bonchev–Trinajstić information content (AvgIpc) is 2.47. The second kappa shape index (κ2) is 6.00. The molecule has 2 unspecified atom stereocenters. The second-order valence-corrected chi connectivity index (χ2v) is 5.24. The minimum absolute atomic E-state index is 0.0284. The van der Waals surface area contributed by atoms with E-state index >= 15 is 0 Å². The summed E-state index contributed by atoms with van der Waals surface area (Å²) in [6.07, 6.45) is 1.33. The molecule has 1 aliphatic heterocycles. The van der Waals surface area contributed by atoms with Gasteiger partial charge in [0.05, 0.1) is 5.92 Å². The molecule has 3 nitrogen and oxygen atoms in total. The molecule has 1 aliphatic rings. The van der Waals surface area contributed by atoms with E-state index in [1.807, 2.05) is 49.1 Å². The monoisotopic (exact) mass is 259 g/mol. The number of carbonyl (C=O) groups is 2. The molecular formula is C16H21NO2. The lowest BCUT2D eigenvalue weighted by Crippen LogP contribution is -2.45. The number of hydrogen-bond acceptors (Lipinski definition) is 2. The van der Waals surface area contributed by atoms with Gasteiger partial charge in [0.1, 0.15) is 5.78 Å². The highest BCUT2D eigenvalue weighted by Crippen LogP contribution is 2.22. The van der Waals surface area contributed by atoms with Gasteiger partial charge >= 0.3 is 0 Å². The van der Waals surface area contributed by atoms with E-state index in [1.54, 1.807) is 0 Å². The van der Waals surface area contributed by atoms with Crippen molar-refractivity contribution in [1.29, 1.82) is 0 Å². The fourth-order valence-electron chi connectivity index (χ4n) is 2.62. The largest absolute Gasteiger partial charge is 0.341 e. The summed E-state index contributed by atoms with van der Waals surface area (Å²) in [6, 6.07) is 9.82. The highest BCUT2D eigenvalue weighted by Gasteiger charge is 2.30. The summed E-state index contributed by atoms with van der Waals surface area (Å²) in [7, 11) is 0. The predicted octanol–water partition coefficient (Wildman–Crippen LogP) is 2.62. The standard InChI is InChI=1S/C16H21NO2/c1-3-13-11-17(10-9-15(13)18)16(19)12(2)14-7-5-4-6-8-14/h4-8,12-13H,3,9-11H2,1-2H3. The Morgan fingerprint density at radius 3 is 2.68 bits per heavy atom. The van der Waals surface area contributed by atoms with E-state index in [4.69, 9.17) is 0 Å². The van der Waals surface area contributed by atoms with Gasteiger partial charge in [-0.1, -0.05) is 37.3 Å². The van der Waals surface area contributed by atoms with Crippen molar-refractivity contribution in [2.45, 2.75) is 32.6 Å². The van der Waals surface area contributed by atoms with Crippen molar-refractivity contribution >= 4 is 11.7 Å². The summed E-state index contributed by atoms with van der Waals surface area (Å²) in [6.45, 7) is 5.11. The Balaban J connectivity index is 2.06. The summed E-state index contributed by atoms with van der Waals surface area (Å²) < 4.78 is 0. The number of benzene rings is 1. The first-order valence-electron chi connectivity index (χ1n) is 7.00. The fourth-order valence-corrected chi connectivity index (χ4v) is 2.62. The number of Topliss-reactive ketones (excluding diaryl/α,β-unsaturated/α-hetero) is 1. The first-order chi connectivity index (χ1) is 9.13. The fraction of sp³-hybridized carbons (Fsp3) is 0.500. The van der Waals surface area contributed by atoms with Gasteiger partial charge in [0.2, 0.25) is 5.91 Å². The maximum atomic E-state index is 12.5. The molecule has 0 aliphatic carbocycles. The molecule has 19 heavy (non-hydrogen) atoms. The third-order valence-electron chi connectivity index (χ3n) is 4.00. The van der Waals surface area contributed by atoms with Crippen LogP contribution in [-0.2, 0) is 9.59 Å². The molecule has 1 aromatic rings. The van der Waals surface area contributed by atoms with E-state index in [9.17, 15) is 9.59 Å². The summed E-state index contributed by atoms with van der Waals surface area (Å²) >= 11 is 0. The van der Waals surface area contributed by atoms with Crippen molar-refractivity contribution in [1.82, 2.24) is 4.90 Å². The van der Waals surface area contributed by atoms with Crippen molar-refractivity contribution in [3.8, 4) is 0 Å². The summed E-state index contributed by atoms with van der Waals surface area (Å²) in [5.74, 6) is 0.337. The first-order valence-corrected chi connectivity index (χ1v) is 7.00. The number of ketones is 1. The van der Waals surface area contributed by atoms with E-state index in [0.717, 1.165) is 12.0 Å². The third kappa shape index (κ3) is 3.03. The molecule has 0 saturated carbocycles. The van der Waals surface area contributed by atoms with Crippen LogP contribution in [0.2, 0.25) is 0 Å². The van der Waals surface area contributed by atoms with E-state index in [1.165, 1.54) is 0 Å². The molecule has 3 heteroatoms. The van der Waals surface area contributed by atoms with Crippen LogP contribution in [-0.4, -0.2) is 29.7 Å². The maximum absolute atomic E-state index is 12.5. The molecule has 1 fully saturated rings. The molecule has 0 spiro atoms. The first kappa shape index (κ1) is 13.8. The smallest absolute Gasteiger partial charge is 0.229 e. The van der Waals surface area contributed by atoms with Crippen LogP contribution in [0.4, 0.5) is 0 Å². The molecule has 0 aromatic heterocycles. The number of carbonyl (C=O) groups excluding carboxylic acids is 2. The Kier molecular flexibility index (Phi) is 4.35. The van der Waals surface area contributed by atoms with Gasteiger partial charge < -0.3 is 4.90 Å². The van der Waals surface area contributed by atoms with Crippen LogP contribution < -0.4 is 0 Å². The summed E-state index contributed by atoms with van der Waals surface area (Å²) in [5.41, 5.74) is 1.04. The SMILES string of the molecule is CCC1CN(C(=O)C(C)c2ccccc2)CCC1=O. The lowest BCUT2D eigenvalue weighted by Gasteiger charge is -2.33. The number of likely N-dealkylation sites (tertiary alicyclic amines) is 1. The minimum Gasteiger partial charge on any atom is -0.341 e. The average molecular weight is 259 g/mol. The zero-order chi connectivity index (χ0) is 13.8. The number of rotatable bonds is 3. The Labute approximate surface area is 114 Å². The topological polar surface area (TPSA) is 37.4 Å². The minimum atomic E-state index is -0.132. The molecule has 1 saturated heterocycles. The van der Waals surface area contributed by atoms with Gasteiger partial charge in [0, 0.05) is 25.4 Å². The van der Waals surface area contributed by atoms with E-state index in [2.05, 4.69) is 0 Å². The lowest BCUT2D eigenvalue weighted by molar-refractivity contribution is -0.138. The molecule has 0 N–H and O–H groups in total. The highest BCUT2D eigenvalue weighted by molar-refractivity contribution is 5.87. The molecule has 1 amide bonds. The lowest BCUT2D eigenvalue weighted by atomic mass is 9.92. The van der Waals surface area contributed by atoms with Gasteiger partial charge in [0.25, 0.3) is 0 Å². The normalized spacial score (nSPS) is 21.3. The number of piperidine rings is 1. The van der Waals surface area contributed by atoms with Gasteiger partial charge in [-0.25, -0.2) is 0 Å². The third-order valence-corrected chi connectivity index (χ3v) is 4.00. The molecule has 0 bridgehead atoms. The highest BCUT2D eigenvalue weighted by atomic mass is 16.2. The maximum Gasteiger partial charge on any atom is 0.229 e. The van der Waals surface area contributed by atoms with Crippen molar-refractivity contribution in [3.05, 3.63) is 35.9 Å². The second-order valence-electron chi connectivity index (χ2n) is 5.24. The van der Waals surface area contributed by atoms with Gasteiger partial charge in [-0.15, -0.1) is 0 Å². The molecule has 1 aromatic carbocycles. The van der Waals surface area contributed by atoms with Crippen LogP contribution in [0.5, 0.6) is 0 Å².